The summed E-state index contributed by atoms with van der Waals surface area (Å²) in [5, 5.41) is 21.6. The number of carbonyl (C=O) groups excluding carboxylic acids is 1. The first kappa shape index (κ1) is 26.7. The van der Waals surface area contributed by atoms with Gasteiger partial charge < -0.3 is 14.9 Å². The highest BCUT2D eigenvalue weighted by Gasteiger charge is 2.60. The van der Waals surface area contributed by atoms with Crippen LogP contribution < -0.4 is 0 Å². The van der Waals surface area contributed by atoms with Gasteiger partial charge in [-0.05, 0) is 109 Å². The van der Waals surface area contributed by atoms with E-state index in [2.05, 4.69) is 47.6 Å². The van der Waals surface area contributed by atoms with Gasteiger partial charge in [-0.1, -0.05) is 53.2 Å². The second-order valence-corrected chi connectivity index (χ2v) is 13.5. The van der Waals surface area contributed by atoms with E-state index in [1.165, 1.54) is 7.11 Å². The number of rotatable bonds is 5. The van der Waals surface area contributed by atoms with Gasteiger partial charge in [0.05, 0.1) is 19.3 Å². The smallest absolute Gasteiger partial charge is 0.333 e. The van der Waals surface area contributed by atoms with Crippen LogP contribution >= 0.6 is 0 Å². The minimum absolute atomic E-state index is 0.0364. The highest BCUT2D eigenvalue weighted by molar-refractivity contribution is 5.87. The molecule has 0 bridgehead atoms. The molecule has 0 amide bonds. The standard InChI is InChI=1S/C31H48O4/c1-19(27(34)35-8)17-21(32)18-20(2)30(6)15-12-24-22-9-10-25-28(3,4)26(33)13-14-29(25,5)23(22)11-16-31(24,30)7/h12,17,20-21,25-26,32-33H,9-11,13-16,18H2,1-8H3/b19-17+/t20-,21?,25+,26-,29-,30+,31+/m1/s1. The van der Waals surface area contributed by atoms with Crippen molar-refractivity contribution in [2.24, 2.45) is 33.5 Å². The molecular formula is C31H48O4. The molecule has 0 aromatic heterocycles. The van der Waals surface area contributed by atoms with Gasteiger partial charge in [-0.3, -0.25) is 0 Å². The fourth-order valence-electron chi connectivity index (χ4n) is 8.88. The van der Waals surface area contributed by atoms with Crippen molar-refractivity contribution in [1.29, 1.82) is 0 Å². The summed E-state index contributed by atoms with van der Waals surface area (Å²) in [6.07, 6.45) is 11.6. The molecule has 0 aromatic rings. The number of aliphatic hydroxyl groups excluding tert-OH is 2. The van der Waals surface area contributed by atoms with E-state index in [0.29, 0.717) is 23.8 Å². The number of aliphatic hydroxyl groups is 2. The van der Waals surface area contributed by atoms with Crippen molar-refractivity contribution in [3.8, 4) is 0 Å². The molecule has 4 nitrogen and oxygen atoms in total. The lowest BCUT2D eigenvalue weighted by Crippen LogP contribution is -2.53. The summed E-state index contributed by atoms with van der Waals surface area (Å²) in [5.41, 5.74) is 5.67. The van der Waals surface area contributed by atoms with Crippen molar-refractivity contribution in [2.45, 2.75) is 112 Å². The van der Waals surface area contributed by atoms with Crippen LogP contribution in [0.1, 0.15) is 99.8 Å². The number of carbonyl (C=O) groups is 1. The van der Waals surface area contributed by atoms with Crippen LogP contribution in [-0.2, 0) is 9.53 Å². The monoisotopic (exact) mass is 484 g/mol. The van der Waals surface area contributed by atoms with E-state index < -0.39 is 6.10 Å². The van der Waals surface area contributed by atoms with Crippen molar-refractivity contribution in [3.05, 3.63) is 34.4 Å². The second-order valence-electron chi connectivity index (χ2n) is 13.5. The molecule has 7 atom stereocenters. The van der Waals surface area contributed by atoms with Crippen LogP contribution in [0.2, 0.25) is 0 Å². The first-order valence-electron chi connectivity index (χ1n) is 13.8. The normalized spacial score (nSPS) is 40.3. The molecule has 0 spiro atoms. The van der Waals surface area contributed by atoms with Crippen molar-refractivity contribution >= 4 is 5.97 Å². The third-order valence-corrected chi connectivity index (χ3v) is 11.6. The fourth-order valence-corrected chi connectivity index (χ4v) is 8.88. The van der Waals surface area contributed by atoms with Gasteiger partial charge in [0.1, 0.15) is 0 Å². The zero-order chi connectivity index (χ0) is 26.0. The van der Waals surface area contributed by atoms with Gasteiger partial charge >= 0.3 is 5.97 Å². The maximum atomic E-state index is 11.8. The first-order valence-corrected chi connectivity index (χ1v) is 13.8. The highest BCUT2D eigenvalue weighted by Crippen LogP contribution is 2.69. The molecule has 35 heavy (non-hydrogen) atoms. The predicted octanol–water partition coefficient (Wildman–Crippen LogP) is 6.52. The number of fused-ring (bicyclic) bond motifs is 4. The number of hydrogen-bond donors (Lipinski definition) is 2. The summed E-state index contributed by atoms with van der Waals surface area (Å²) in [5.74, 6) is 0.457. The van der Waals surface area contributed by atoms with Gasteiger partial charge in [-0.25, -0.2) is 4.79 Å². The zero-order valence-corrected chi connectivity index (χ0v) is 23.3. The molecule has 4 aliphatic carbocycles. The van der Waals surface area contributed by atoms with Gasteiger partial charge in [0, 0.05) is 5.57 Å². The Morgan fingerprint density at radius 3 is 2.51 bits per heavy atom. The van der Waals surface area contributed by atoms with Crippen molar-refractivity contribution in [2.75, 3.05) is 7.11 Å². The molecule has 0 saturated heterocycles. The minimum atomic E-state index is -0.655. The topological polar surface area (TPSA) is 66.8 Å². The molecule has 2 N–H and O–H groups in total. The summed E-state index contributed by atoms with van der Waals surface area (Å²) in [4.78, 5) is 11.8. The summed E-state index contributed by atoms with van der Waals surface area (Å²) >= 11 is 0. The number of hydrogen-bond acceptors (Lipinski definition) is 4. The Labute approximate surface area is 212 Å². The Kier molecular flexibility index (Phi) is 6.76. The van der Waals surface area contributed by atoms with Crippen LogP contribution in [0.15, 0.2) is 34.4 Å². The number of ether oxygens (including phenoxy) is 1. The van der Waals surface area contributed by atoms with Gasteiger partial charge in [0.25, 0.3) is 0 Å². The molecule has 4 aliphatic rings. The van der Waals surface area contributed by atoms with Gasteiger partial charge in [-0.2, -0.15) is 0 Å². The summed E-state index contributed by atoms with van der Waals surface area (Å²) < 4.78 is 4.79. The van der Waals surface area contributed by atoms with E-state index in [0.717, 1.165) is 44.9 Å². The van der Waals surface area contributed by atoms with Gasteiger partial charge in [0.2, 0.25) is 0 Å². The molecule has 0 aromatic carbocycles. The minimum Gasteiger partial charge on any atom is -0.466 e. The Morgan fingerprint density at radius 2 is 1.86 bits per heavy atom. The molecule has 0 aliphatic heterocycles. The summed E-state index contributed by atoms with van der Waals surface area (Å²) in [7, 11) is 1.37. The largest absolute Gasteiger partial charge is 0.466 e. The lowest BCUT2D eigenvalue weighted by atomic mass is 9.45. The first-order chi connectivity index (χ1) is 16.2. The molecule has 0 radical (unpaired) electrons. The van der Waals surface area contributed by atoms with E-state index in [1.54, 1.807) is 29.7 Å². The van der Waals surface area contributed by atoms with E-state index in [-0.39, 0.29) is 33.7 Å². The van der Waals surface area contributed by atoms with Crippen LogP contribution in [-0.4, -0.2) is 35.5 Å². The Hall–Kier alpha value is -1.39. The molecule has 4 rings (SSSR count). The predicted molar refractivity (Wildman–Crippen MR) is 141 cm³/mol. The number of allylic oxidation sites excluding steroid dienone is 4. The fraction of sp³-hybridized carbons (Fsp3) is 0.774. The molecule has 1 fully saturated rings. The summed E-state index contributed by atoms with van der Waals surface area (Å²) in [6.45, 7) is 15.9. The van der Waals surface area contributed by atoms with Crippen LogP contribution in [0.4, 0.5) is 0 Å². The maximum absolute atomic E-state index is 11.8. The Bertz CT molecular complexity index is 970. The molecule has 4 heteroatoms. The van der Waals surface area contributed by atoms with Gasteiger partial charge in [-0.15, -0.1) is 0 Å². The van der Waals surface area contributed by atoms with Crippen LogP contribution in [0.25, 0.3) is 0 Å². The Balaban J connectivity index is 1.60. The Morgan fingerprint density at radius 1 is 1.17 bits per heavy atom. The average Bonchev–Trinajstić information content (AvgIpc) is 3.08. The molecule has 0 heterocycles. The molecule has 1 unspecified atom stereocenters. The van der Waals surface area contributed by atoms with Crippen LogP contribution in [0.5, 0.6) is 0 Å². The average molecular weight is 485 g/mol. The van der Waals surface area contributed by atoms with Crippen molar-refractivity contribution < 1.29 is 19.7 Å². The van der Waals surface area contributed by atoms with E-state index in [4.69, 9.17) is 4.74 Å². The molecular weight excluding hydrogens is 436 g/mol. The van der Waals surface area contributed by atoms with Crippen molar-refractivity contribution in [3.63, 3.8) is 0 Å². The van der Waals surface area contributed by atoms with E-state index in [9.17, 15) is 15.0 Å². The SMILES string of the molecule is COC(=O)/C(C)=C/C(O)C[C@@H](C)[C@]1(C)CC=C2C3=C(CC[C@@]21C)[C@@]1(C)CC[C@@H](O)C(C)(C)[C@@H]1CC3. The maximum Gasteiger partial charge on any atom is 0.333 e. The number of esters is 1. The molecule has 196 valence electrons. The third-order valence-electron chi connectivity index (χ3n) is 11.6. The lowest BCUT2D eigenvalue weighted by molar-refractivity contribution is -0.136. The zero-order valence-electron chi connectivity index (χ0n) is 23.3. The second kappa shape index (κ2) is 8.87. The molecule has 1 saturated carbocycles. The van der Waals surface area contributed by atoms with E-state index in [1.807, 2.05) is 0 Å². The van der Waals surface area contributed by atoms with Crippen LogP contribution in [0.3, 0.4) is 0 Å². The lowest BCUT2D eigenvalue weighted by Gasteiger charge is -2.60. The summed E-state index contributed by atoms with van der Waals surface area (Å²) in [6, 6.07) is 0. The quantitative estimate of drug-likeness (QED) is 0.344. The third kappa shape index (κ3) is 3.89. The van der Waals surface area contributed by atoms with Crippen LogP contribution in [0, 0.1) is 33.5 Å². The van der Waals surface area contributed by atoms with Crippen molar-refractivity contribution in [1.82, 2.24) is 0 Å². The highest BCUT2D eigenvalue weighted by atomic mass is 16.5. The number of methoxy groups -OCH3 is 1. The van der Waals surface area contributed by atoms with E-state index >= 15 is 0 Å². The van der Waals surface area contributed by atoms with Gasteiger partial charge in [0.15, 0.2) is 0 Å².